The normalized spacial score (nSPS) is 20.7. The molecule has 1 aliphatic rings. The molecule has 4 heteroatoms. The summed E-state index contributed by atoms with van der Waals surface area (Å²) >= 11 is 3.44. The number of hydrogen-bond donors (Lipinski definition) is 1. The highest BCUT2D eigenvalue weighted by Crippen LogP contribution is 2.41. The van der Waals surface area contributed by atoms with Crippen LogP contribution in [0.2, 0.25) is 0 Å². The third kappa shape index (κ3) is 3.12. The maximum absolute atomic E-state index is 10.3. The predicted molar refractivity (Wildman–Crippen MR) is 84.2 cm³/mol. The lowest BCUT2D eigenvalue weighted by Gasteiger charge is -2.30. The molecule has 0 radical (unpaired) electrons. The summed E-state index contributed by atoms with van der Waals surface area (Å²) in [6.07, 6.45) is -0.0815. The molecule has 21 heavy (non-hydrogen) atoms. The van der Waals surface area contributed by atoms with E-state index in [4.69, 9.17) is 9.47 Å². The van der Waals surface area contributed by atoms with E-state index in [2.05, 4.69) is 22.0 Å². The third-order valence-electron chi connectivity index (χ3n) is 3.67. The van der Waals surface area contributed by atoms with E-state index in [-0.39, 0.29) is 6.10 Å². The van der Waals surface area contributed by atoms with Crippen LogP contribution in [-0.2, 0) is 11.3 Å². The van der Waals surface area contributed by atoms with Crippen molar-refractivity contribution in [1.82, 2.24) is 0 Å². The van der Waals surface area contributed by atoms with Gasteiger partial charge in [0, 0.05) is 23.6 Å². The van der Waals surface area contributed by atoms with E-state index in [0.717, 1.165) is 26.9 Å². The first-order valence-electron chi connectivity index (χ1n) is 6.89. The summed E-state index contributed by atoms with van der Waals surface area (Å²) in [5.41, 5.74) is 3.02. The van der Waals surface area contributed by atoms with Crippen LogP contribution in [0.25, 0.3) is 0 Å². The van der Waals surface area contributed by atoms with Crippen LogP contribution in [0.4, 0.5) is 0 Å². The van der Waals surface area contributed by atoms with Gasteiger partial charge in [-0.2, -0.15) is 0 Å². The molecule has 0 bridgehead atoms. The Hall–Kier alpha value is -1.36. The van der Waals surface area contributed by atoms with Crippen molar-refractivity contribution in [3.63, 3.8) is 0 Å². The Bertz CT molecular complexity index is 642. The van der Waals surface area contributed by atoms with Crippen molar-refractivity contribution in [3.05, 3.63) is 63.6 Å². The molecule has 1 aliphatic heterocycles. The number of aliphatic hydroxyl groups is 1. The van der Waals surface area contributed by atoms with Crippen molar-refractivity contribution in [2.75, 3.05) is 7.11 Å². The van der Waals surface area contributed by atoms with Gasteiger partial charge >= 0.3 is 0 Å². The van der Waals surface area contributed by atoms with Gasteiger partial charge in [0.2, 0.25) is 0 Å². The predicted octanol–water partition coefficient (Wildman–Crippen LogP) is 4.15. The maximum atomic E-state index is 10.3. The molecule has 1 N–H and O–H groups in total. The van der Waals surface area contributed by atoms with E-state index >= 15 is 0 Å². The van der Waals surface area contributed by atoms with Gasteiger partial charge in [0.25, 0.3) is 0 Å². The second-order valence-electron chi connectivity index (χ2n) is 5.22. The van der Waals surface area contributed by atoms with Gasteiger partial charge in [-0.1, -0.05) is 40.2 Å². The average Bonchev–Trinajstić information content (AvgIpc) is 2.47. The lowest BCUT2D eigenvalue weighted by molar-refractivity contribution is 0.0655. The Balaban J connectivity index is 1.89. The number of ether oxygens (including phenoxy) is 2. The molecule has 0 amide bonds. The van der Waals surface area contributed by atoms with Crippen molar-refractivity contribution in [2.24, 2.45) is 0 Å². The van der Waals surface area contributed by atoms with E-state index in [1.165, 1.54) is 0 Å². The molecule has 0 aromatic heterocycles. The SMILES string of the molecule is COCc1cccc(C2CC(O)c3ccc(Br)cc3O2)c1. The molecule has 110 valence electrons. The number of fused-ring (bicyclic) bond motifs is 1. The molecular weight excluding hydrogens is 332 g/mol. The topological polar surface area (TPSA) is 38.7 Å². The number of aliphatic hydroxyl groups excluding tert-OH is 1. The summed E-state index contributed by atoms with van der Waals surface area (Å²) in [5, 5.41) is 10.3. The zero-order valence-electron chi connectivity index (χ0n) is 11.8. The molecule has 0 saturated heterocycles. The van der Waals surface area contributed by atoms with Crippen LogP contribution >= 0.6 is 15.9 Å². The molecule has 0 spiro atoms. The minimum atomic E-state index is -0.502. The van der Waals surface area contributed by atoms with Gasteiger partial charge in [-0.15, -0.1) is 0 Å². The molecule has 0 aliphatic carbocycles. The Morgan fingerprint density at radius 2 is 2.14 bits per heavy atom. The fraction of sp³-hybridized carbons (Fsp3) is 0.294. The minimum Gasteiger partial charge on any atom is -0.485 e. The zero-order valence-corrected chi connectivity index (χ0v) is 13.3. The third-order valence-corrected chi connectivity index (χ3v) is 4.17. The Kier molecular flexibility index (Phi) is 4.29. The highest BCUT2D eigenvalue weighted by atomic mass is 79.9. The number of rotatable bonds is 3. The molecule has 3 rings (SSSR count). The van der Waals surface area contributed by atoms with Crippen LogP contribution in [0.15, 0.2) is 46.9 Å². The van der Waals surface area contributed by atoms with Gasteiger partial charge in [-0.25, -0.2) is 0 Å². The fourth-order valence-corrected chi connectivity index (χ4v) is 3.01. The summed E-state index contributed by atoms with van der Waals surface area (Å²) in [4.78, 5) is 0. The minimum absolute atomic E-state index is 0.140. The van der Waals surface area contributed by atoms with E-state index in [0.29, 0.717) is 13.0 Å². The first-order chi connectivity index (χ1) is 10.2. The number of halogens is 1. The molecule has 3 nitrogen and oxygen atoms in total. The second-order valence-corrected chi connectivity index (χ2v) is 6.13. The lowest BCUT2D eigenvalue weighted by Crippen LogP contribution is -2.19. The molecule has 1 heterocycles. The molecule has 2 aromatic rings. The fourth-order valence-electron chi connectivity index (χ4n) is 2.67. The van der Waals surface area contributed by atoms with Gasteiger partial charge in [0.15, 0.2) is 0 Å². The van der Waals surface area contributed by atoms with Crippen molar-refractivity contribution < 1.29 is 14.6 Å². The van der Waals surface area contributed by atoms with Crippen molar-refractivity contribution in [2.45, 2.75) is 25.2 Å². The summed E-state index contributed by atoms with van der Waals surface area (Å²) in [6.45, 7) is 0.575. The second kappa shape index (κ2) is 6.18. The van der Waals surface area contributed by atoms with Crippen LogP contribution in [0, 0.1) is 0 Å². The van der Waals surface area contributed by atoms with E-state index < -0.39 is 6.10 Å². The van der Waals surface area contributed by atoms with Crippen LogP contribution in [-0.4, -0.2) is 12.2 Å². The van der Waals surface area contributed by atoms with Gasteiger partial charge in [0.1, 0.15) is 11.9 Å². The highest BCUT2D eigenvalue weighted by Gasteiger charge is 2.28. The largest absolute Gasteiger partial charge is 0.485 e. The van der Waals surface area contributed by atoms with Gasteiger partial charge in [-0.3, -0.25) is 0 Å². The smallest absolute Gasteiger partial charge is 0.127 e. The molecular formula is C17H17BrO3. The van der Waals surface area contributed by atoms with Crippen LogP contribution < -0.4 is 4.74 Å². The number of hydrogen-bond acceptors (Lipinski definition) is 3. The van der Waals surface area contributed by atoms with Crippen LogP contribution in [0.1, 0.15) is 35.3 Å². The zero-order chi connectivity index (χ0) is 14.8. The summed E-state index contributed by atoms with van der Waals surface area (Å²) in [6, 6.07) is 13.9. The standard InChI is InChI=1S/C17H17BrO3/c1-20-10-11-3-2-4-12(7-11)16-9-15(19)14-6-5-13(18)8-17(14)21-16/h2-8,15-16,19H,9-10H2,1H3. The summed E-state index contributed by atoms with van der Waals surface area (Å²) < 4.78 is 12.2. The van der Waals surface area contributed by atoms with Gasteiger partial charge < -0.3 is 14.6 Å². The van der Waals surface area contributed by atoms with Crippen molar-refractivity contribution in [3.8, 4) is 5.75 Å². The lowest BCUT2D eigenvalue weighted by atomic mass is 9.94. The van der Waals surface area contributed by atoms with Crippen LogP contribution in [0.3, 0.4) is 0 Å². The first-order valence-corrected chi connectivity index (χ1v) is 7.68. The van der Waals surface area contributed by atoms with Gasteiger partial charge in [-0.05, 0) is 29.3 Å². The Morgan fingerprint density at radius 1 is 1.29 bits per heavy atom. The van der Waals surface area contributed by atoms with Crippen molar-refractivity contribution in [1.29, 1.82) is 0 Å². The maximum Gasteiger partial charge on any atom is 0.127 e. The molecule has 2 atom stereocenters. The van der Waals surface area contributed by atoms with Crippen molar-refractivity contribution >= 4 is 15.9 Å². The highest BCUT2D eigenvalue weighted by molar-refractivity contribution is 9.10. The summed E-state index contributed by atoms with van der Waals surface area (Å²) in [7, 11) is 1.68. The quantitative estimate of drug-likeness (QED) is 0.905. The first kappa shape index (κ1) is 14.6. The monoisotopic (exact) mass is 348 g/mol. The Morgan fingerprint density at radius 3 is 2.95 bits per heavy atom. The molecule has 2 aromatic carbocycles. The van der Waals surface area contributed by atoms with E-state index in [9.17, 15) is 5.11 Å². The Labute approximate surface area is 132 Å². The molecule has 0 saturated carbocycles. The number of methoxy groups -OCH3 is 1. The van der Waals surface area contributed by atoms with Gasteiger partial charge in [0.05, 0.1) is 12.7 Å². The molecule has 0 fully saturated rings. The molecule has 2 unspecified atom stereocenters. The summed E-state index contributed by atoms with van der Waals surface area (Å²) in [5.74, 6) is 0.741. The van der Waals surface area contributed by atoms with E-state index in [1.54, 1.807) is 7.11 Å². The number of benzene rings is 2. The van der Waals surface area contributed by atoms with Crippen LogP contribution in [0.5, 0.6) is 5.75 Å². The average molecular weight is 349 g/mol. The van der Waals surface area contributed by atoms with E-state index in [1.807, 2.05) is 36.4 Å².